The fourth-order valence-corrected chi connectivity index (χ4v) is 2.78. The summed E-state index contributed by atoms with van der Waals surface area (Å²) in [6, 6.07) is 5.94. The van der Waals surface area contributed by atoms with Crippen molar-refractivity contribution in [1.82, 2.24) is 9.55 Å². The maximum atomic E-state index is 11.6. The number of aromatic nitrogens is 2. The second kappa shape index (κ2) is 5.63. The molecule has 0 saturated heterocycles. The first-order valence-electron chi connectivity index (χ1n) is 7.27. The summed E-state index contributed by atoms with van der Waals surface area (Å²) in [6.45, 7) is 1.41. The van der Waals surface area contributed by atoms with E-state index in [1.54, 1.807) is 0 Å². The number of anilines is 1. The van der Waals surface area contributed by atoms with Crippen molar-refractivity contribution in [3.05, 3.63) is 24.0 Å². The number of hydrogen-bond donors (Lipinski definition) is 2. The first-order chi connectivity index (χ1) is 9.78. The Hall–Kier alpha value is -1.88. The minimum Gasteiger partial charge on any atom is -0.330 e. The number of nitrogens with zero attached hydrogens (tertiary/aromatic N) is 2. The third-order valence-electron chi connectivity index (χ3n) is 3.76. The van der Waals surface area contributed by atoms with Crippen molar-refractivity contribution in [2.45, 2.75) is 38.6 Å². The number of imidazole rings is 1. The van der Waals surface area contributed by atoms with E-state index >= 15 is 0 Å². The van der Waals surface area contributed by atoms with Gasteiger partial charge in [0.15, 0.2) is 0 Å². The van der Waals surface area contributed by atoms with Crippen LogP contribution in [0.5, 0.6) is 0 Å². The quantitative estimate of drug-likeness (QED) is 0.898. The van der Waals surface area contributed by atoms with Crippen LogP contribution >= 0.6 is 0 Å². The minimum atomic E-state index is -0.0485. The SMILES string of the molecule is NCCC(=O)Nc1ccc2c(c1)nc1n2CCCCC1. The van der Waals surface area contributed by atoms with Crippen LogP contribution in [0.15, 0.2) is 18.2 Å². The number of nitrogens with one attached hydrogen (secondary N) is 1. The molecule has 0 aliphatic carbocycles. The third-order valence-corrected chi connectivity index (χ3v) is 3.76. The highest BCUT2D eigenvalue weighted by molar-refractivity contribution is 5.93. The van der Waals surface area contributed by atoms with Gasteiger partial charge in [0.05, 0.1) is 11.0 Å². The number of carbonyl (C=O) groups excluding carboxylic acids is 1. The number of aryl methyl sites for hydroxylation is 2. The Morgan fingerprint density at radius 1 is 1.35 bits per heavy atom. The van der Waals surface area contributed by atoms with Gasteiger partial charge in [-0.05, 0) is 31.0 Å². The maximum Gasteiger partial charge on any atom is 0.225 e. The van der Waals surface area contributed by atoms with E-state index in [0.717, 1.165) is 24.2 Å². The van der Waals surface area contributed by atoms with E-state index in [1.807, 2.05) is 12.1 Å². The molecule has 5 nitrogen and oxygen atoms in total. The molecule has 0 saturated carbocycles. The van der Waals surface area contributed by atoms with Crippen LogP contribution in [0.2, 0.25) is 0 Å². The van der Waals surface area contributed by atoms with Crippen LogP contribution < -0.4 is 11.1 Å². The topological polar surface area (TPSA) is 72.9 Å². The fourth-order valence-electron chi connectivity index (χ4n) is 2.78. The summed E-state index contributed by atoms with van der Waals surface area (Å²) in [7, 11) is 0. The lowest BCUT2D eigenvalue weighted by atomic mass is 10.2. The van der Waals surface area contributed by atoms with Crippen LogP contribution in [0.25, 0.3) is 11.0 Å². The molecule has 1 aliphatic heterocycles. The first kappa shape index (κ1) is 13.1. The number of benzene rings is 1. The predicted octanol–water partition coefficient (Wildman–Crippen LogP) is 2.05. The number of carbonyl (C=O) groups is 1. The zero-order valence-corrected chi connectivity index (χ0v) is 11.6. The minimum absolute atomic E-state index is 0.0485. The highest BCUT2D eigenvalue weighted by atomic mass is 16.1. The standard InChI is InChI=1S/C15H20N4O/c16-8-7-15(20)17-11-5-6-13-12(10-11)18-14-4-2-1-3-9-19(13)14/h5-6,10H,1-4,7-9,16H2,(H,17,20). The van der Waals surface area contributed by atoms with E-state index < -0.39 is 0 Å². The van der Waals surface area contributed by atoms with Gasteiger partial charge >= 0.3 is 0 Å². The van der Waals surface area contributed by atoms with Crippen LogP contribution in [0.4, 0.5) is 5.69 Å². The van der Waals surface area contributed by atoms with Crippen molar-refractivity contribution >= 4 is 22.6 Å². The van der Waals surface area contributed by atoms with Gasteiger partial charge < -0.3 is 15.6 Å². The van der Waals surface area contributed by atoms with Gasteiger partial charge in [-0.3, -0.25) is 4.79 Å². The highest BCUT2D eigenvalue weighted by Gasteiger charge is 2.13. The second-order valence-corrected chi connectivity index (χ2v) is 5.28. The van der Waals surface area contributed by atoms with Gasteiger partial charge in [0.25, 0.3) is 0 Å². The summed E-state index contributed by atoms with van der Waals surface area (Å²) in [5.41, 5.74) is 8.30. The van der Waals surface area contributed by atoms with Gasteiger partial charge in [-0.25, -0.2) is 4.98 Å². The monoisotopic (exact) mass is 272 g/mol. The van der Waals surface area contributed by atoms with E-state index in [0.29, 0.717) is 13.0 Å². The Kier molecular flexibility index (Phi) is 3.69. The fraction of sp³-hybridized carbons (Fsp3) is 0.467. The summed E-state index contributed by atoms with van der Waals surface area (Å²) in [5, 5.41) is 2.86. The summed E-state index contributed by atoms with van der Waals surface area (Å²) < 4.78 is 2.31. The molecule has 0 bridgehead atoms. The van der Waals surface area contributed by atoms with Crippen molar-refractivity contribution < 1.29 is 4.79 Å². The van der Waals surface area contributed by atoms with Gasteiger partial charge in [-0.1, -0.05) is 6.42 Å². The molecule has 0 spiro atoms. The van der Waals surface area contributed by atoms with E-state index in [1.165, 1.54) is 30.6 Å². The summed E-state index contributed by atoms with van der Waals surface area (Å²) >= 11 is 0. The molecule has 106 valence electrons. The largest absolute Gasteiger partial charge is 0.330 e. The van der Waals surface area contributed by atoms with Crippen molar-refractivity contribution in [2.24, 2.45) is 5.73 Å². The Balaban J connectivity index is 1.90. The molecule has 5 heteroatoms. The lowest BCUT2D eigenvalue weighted by Gasteiger charge is -2.06. The number of nitrogens with two attached hydrogens (primary N) is 1. The molecule has 1 aromatic heterocycles. The predicted molar refractivity (Wildman–Crippen MR) is 79.6 cm³/mol. The Morgan fingerprint density at radius 3 is 3.10 bits per heavy atom. The van der Waals surface area contributed by atoms with Gasteiger partial charge in [0.1, 0.15) is 5.82 Å². The van der Waals surface area contributed by atoms with Crippen LogP contribution in [-0.2, 0) is 17.8 Å². The molecule has 0 unspecified atom stereocenters. The van der Waals surface area contributed by atoms with Crippen LogP contribution in [-0.4, -0.2) is 22.0 Å². The van der Waals surface area contributed by atoms with E-state index in [9.17, 15) is 4.79 Å². The molecular weight excluding hydrogens is 252 g/mol. The summed E-state index contributed by atoms with van der Waals surface area (Å²) in [4.78, 5) is 16.3. The average Bonchev–Trinajstić information content (AvgIpc) is 2.60. The van der Waals surface area contributed by atoms with Crippen molar-refractivity contribution in [3.8, 4) is 0 Å². The Labute approximate surface area is 118 Å². The summed E-state index contributed by atoms with van der Waals surface area (Å²) in [6.07, 6.45) is 5.09. The van der Waals surface area contributed by atoms with E-state index in [4.69, 9.17) is 10.7 Å². The highest BCUT2D eigenvalue weighted by Crippen LogP contribution is 2.24. The lowest BCUT2D eigenvalue weighted by molar-refractivity contribution is -0.116. The maximum absolute atomic E-state index is 11.6. The zero-order chi connectivity index (χ0) is 13.9. The molecule has 2 heterocycles. The van der Waals surface area contributed by atoms with Gasteiger partial charge in [0.2, 0.25) is 5.91 Å². The molecule has 3 rings (SSSR count). The number of rotatable bonds is 3. The second-order valence-electron chi connectivity index (χ2n) is 5.28. The molecule has 0 atom stereocenters. The third kappa shape index (κ3) is 2.54. The van der Waals surface area contributed by atoms with Gasteiger partial charge in [-0.2, -0.15) is 0 Å². The number of fused-ring (bicyclic) bond motifs is 3. The Morgan fingerprint density at radius 2 is 2.25 bits per heavy atom. The van der Waals surface area contributed by atoms with Gasteiger partial charge in [0, 0.05) is 31.6 Å². The van der Waals surface area contributed by atoms with Crippen LogP contribution in [0.1, 0.15) is 31.5 Å². The summed E-state index contributed by atoms with van der Waals surface area (Å²) in [5.74, 6) is 1.12. The molecule has 0 radical (unpaired) electrons. The van der Waals surface area contributed by atoms with Crippen molar-refractivity contribution in [2.75, 3.05) is 11.9 Å². The average molecular weight is 272 g/mol. The molecule has 20 heavy (non-hydrogen) atoms. The van der Waals surface area contributed by atoms with Crippen LogP contribution in [0, 0.1) is 0 Å². The molecule has 1 amide bonds. The molecule has 1 aromatic carbocycles. The van der Waals surface area contributed by atoms with Crippen LogP contribution in [0.3, 0.4) is 0 Å². The van der Waals surface area contributed by atoms with Crippen molar-refractivity contribution in [1.29, 1.82) is 0 Å². The van der Waals surface area contributed by atoms with E-state index in [-0.39, 0.29) is 5.91 Å². The van der Waals surface area contributed by atoms with Crippen molar-refractivity contribution in [3.63, 3.8) is 0 Å². The zero-order valence-electron chi connectivity index (χ0n) is 11.6. The molecule has 1 aliphatic rings. The first-order valence-corrected chi connectivity index (χ1v) is 7.27. The Bertz CT molecular complexity index is 632. The molecule has 2 aromatic rings. The lowest BCUT2D eigenvalue weighted by Crippen LogP contribution is -2.16. The molecular formula is C15H20N4O. The number of hydrogen-bond acceptors (Lipinski definition) is 3. The normalized spacial score (nSPS) is 14.8. The molecule has 0 fully saturated rings. The number of amides is 1. The van der Waals surface area contributed by atoms with Gasteiger partial charge in [-0.15, -0.1) is 0 Å². The molecule has 3 N–H and O–H groups in total. The smallest absolute Gasteiger partial charge is 0.225 e. The van der Waals surface area contributed by atoms with E-state index in [2.05, 4.69) is 16.0 Å².